The van der Waals surface area contributed by atoms with Gasteiger partial charge in [0.1, 0.15) is 5.82 Å². The van der Waals surface area contributed by atoms with Gasteiger partial charge in [0.15, 0.2) is 0 Å². The van der Waals surface area contributed by atoms with E-state index in [-0.39, 0.29) is 24.5 Å². The minimum Gasteiger partial charge on any atom is -0.351 e. The molecule has 0 radical (unpaired) electrons. The van der Waals surface area contributed by atoms with E-state index in [2.05, 4.69) is 5.32 Å². The van der Waals surface area contributed by atoms with Gasteiger partial charge in [0, 0.05) is 6.54 Å². The minimum atomic E-state index is -4.67. The fourth-order valence-corrected chi connectivity index (χ4v) is 1.31. The molecule has 1 atom stereocenters. The highest BCUT2D eigenvalue weighted by Crippen LogP contribution is 2.32. The van der Waals surface area contributed by atoms with E-state index in [0.717, 1.165) is 12.1 Å². The maximum Gasteiger partial charge on any atom is 0.416 e. The predicted molar refractivity (Wildman–Crippen MR) is 64.1 cm³/mol. The van der Waals surface area contributed by atoms with E-state index in [1.807, 2.05) is 0 Å². The Hall–Kier alpha value is -1.34. The van der Waals surface area contributed by atoms with Gasteiger partial charge in [-0.2, -0.15) is 13.2 Å². The van der Waals surface area contributed by atoms with Crippen LogP contribution in [0.5, 0.6) is 0 Å². The van der Waals surface area contributed by atoms with Crippen molar-refractivity contribution in [2.75, 3.05) is 0 Å². The third-order valence-corrected chi connectivity index (χ3v) is 2.24. The Morgan fingerprint density at radius 2 is 2.00 bits per heavy atom. The smallest absolute Gasteiger partial charge is 0.351 e. The van der Waals surface area contributed by atoms with Crippen LogP contribution in [0.3, 0.4) is 0 Å². The molecular formula is C11H13ClF4N2O. The summed E-state index contributed by atoms with van der Waals surface area (Å²) in [6, 6.07) is 1.47. The van der Waals surface area contributed by atoms with E-state index >= 15 is 0 Å². The quantitative estimate of drug-likeness (QED) is 0.841. The van der Waals surface area contributed by atoms with Crippen molar-refractivity contribution in [2.45, 2.75) is 25.7 Å². The number of amides is 1. The Morgan fingerprint density at radius 1 is 1.42 bits per heavy atom. The summed E-state index contributed by atoms with van der Waals surface area (Å²) in [4.78, 5) is 11.2. The number of carbonyl (C=O) groups excluding carboxylic acids is 1. The average Bonchev–Trinajstić information content (AvgIpc) is 2.25. The van der Waals surface area contributed by atoms with Crippen molar-refractivity contribution in [1.29, 1.82) is 0 Å². The lowest BCUT2D eigenvalue weighted by Gasteiger charge is -2.14. The molecule has 1 aromatic carbocycles. The molecule has 3 nitrogen and oxygen atoms in total. The Morgan fingerprint density at radius 3 is 2.47 bits per heavy atom. The van der Waals surface area contributed by atoms with Crippen molar-refractivity contribution < 1.29 is 22.4 Å². The molecule has 1 aromatic rings. The number of hydrogen-bond acceptors (Lipinski definition) is 2. The number of rotatable bonds is 3. The molecule has 3 N–H and O–H groups in total. The van der Waals surface area contributed by atoms with Crippen LogP contribution in [0.4, 0.5) is 17.6 Å². The van der Waals surface area contributed by atoms with E-state index in [9.17, 15) is 22.4 Å². The van der Waals surface area contributed by atoms with E-state index in [1.165, 1.54) is 6.92 Å². The molecule has 0 heterocycles. The molecule has 0 aliphatic heterocycles. The molecule has 0 aliphatic rings. The largest absolute Gasteiger partial charge is 0.416 e. The third kappa shape index (κ3) is 5.04. The van der Waals surface area contributed by atoms with Gasteiger partial charge < -0.3 is 11.1 Å². The highest BCUT2D eigenvalue weighted by Gasteiger charge is 2.33. The summed E-state index contributed by atoms with van der Waals surface area (Å²) in [5, 5.41) is 2.24. The molecule has 0 fully saturated rings. The van der Waals surface area contributed by atoms with Crippen molar-refractivity contribution >= 4 is 18.3 Å². The zero-order chi connectivity index (χ0) is 13.9. The lowest BCUT2D eigenvalue weighted by molar-refractivity contribution is -0.138. The van der Waals surface area contributed by atoms with Crippen LogP contribution in [0, 0.1) is 5.82 Å². The standard InChI is InChI=1S/C11H12F4N2O.ClH/c1-6(16)10(18)17-5-7-2-3-8(12)4-9(7)11(13,14)15;/h2-4,6H,5,16H2,1H3,(H,17,18);1H/t6-;/m1./s1. The average molecular weight is 301 g/mol. The number of hydrogen-bond donors (Lipinski definition) is 2. The van der Waals surface area contributed by atoms with Gasteiger partial charge in [0.05, 0.1) is 11.6 Å². The fraction of sp³-hybridized carbons (Fsp3) is 0.364. The molecule has 0 saturated carbocycles. The van der Waals surface area contributed by atoms with E-state index in [1.54, 1.807) is 0 Å². The lowest BCUT2D eigenvalue weighted by atomic mass is 10.1. The monoisotopic (exact) mass is 300 g/mol. The van der Waals surface area contributed by atoms with Gasteiger partial charge >= 0.3 is 6.18 Å². The first-order valence-corrected chi connectivity index (χ1v) is 5.10. The molecule has 0 saturated heterocycles. The van der Waals surface area contributed by atoms with Gasteiger partial charge in [-0.15, -0.1) is 12.4 Å². The Kier molecular flexibility index (Phi) is 6.24. The number of nitrogens with one attached hydrogen (secondary N) is 1. The second kappa shape index (κ2) is 6.72. The second-order valence-electron chi connectivity index (χ2n) is 3.81. The molecule has 1 rings (SSSR count). The number of nitrogens with two attached hydrogens (primary N) is 1. The van der Waals surface area contributed by atoms with Gasteiger partial charge in [-0.05, 0) is 24.6 Å². The van der Waals surface area contributed by atoms with Crippen molar-refractivity contribution in [2.24, 2.45) is 5.73 Å². The van der Waals surface area contributed by atoms with Crippen LogP contribution in [-0.2, 0) is 17.5 Å². The van der Waals surface area contributed by atoms with Crippen molar-refractivity contribution in [3.63, 3.8) is 0 Å². The Balaban J connectivity index is 0.00000324. The topological polar surface area (TPSA) is 55.1 Å². The third-order valence-electron chi connectivity index (χ3n) is 2.24. The molecule has 1 amide bonds. The summed E-state index contributed by atoms with van der Waals surface area (Å²) in [6.45, 7) is 1.06. The molecule has 0 spiro atoms. The van der Waals surface area contributed by atoms with E-state index in [0.29, 0.717) is 6.07 Å². The molecule has 0 bridgehead atoms. The van der Waals surface area contributed by atoms with Crippen LogP contribution in [0.15, 0.2) is 18.2 Å². The van der Waals surface area contributed by atoms with E-state index in [4.69, 9.17) is 5.73 Å². The molecule has 0 aliphatic carbocycles. The number of carbonyl (C=O) groups is 1. The summed E-state index contributed by atoms with van der Waals surface area (Å²) >= 11 is 0. The maximum absolute atomic E-state index is 12.8. The van der Waals surface area contributed by atoms with Gasteiger partial charge in [0.25, 0.3) is 0 Å². The SMILES string of the molecule is C[C@@H](N)C(=O)NCc1ccc(F)cc1C(F)(F)F.Cl. The first-order valence-electron chi connectivity index (χ1n) is 5.10. The molecule has 0 aromatic heterocycles. The van der Waals surface area contributed by atoms with Crippen LogP contribution in [0.1, 0.15) is 18.1 Å². The van der Waals surface area contributed by atoms with Crippen LogP contribution in [0.2, 0.25) is 0 Å². The summed E-state index contributed by atoms with van der Waals surface area (Å²) < 4.78 is 50.6. The van der Waals surface area contributed by atoms with Crippen molar-refractivity contribution in [1.82, 2.24) is 5.32 Å². The van der Waals surface area contributed by atoms with Gasteiger partial charge in [-0.1, -0.05) is 6.07 Å². The highest BCUT2D eigenvalue weighted by molar-refractivity contribution is 5.85. The first kappa shape index (κ1) is 17.7. The number of benzene rings is 1. The molecule has 108 valence electrons. The zero-order valence-corrected chi connectivity index (χ0v) is 10.7. The minimum absolute atomic E-state index is 0. The van der Waals surface area contributed by atoms with Crippen molar-refractivity contribution in [3.8, 4) is 0 Å². The van der Waals surface area contributed by atoms with Gasteiger partial charge in [0.2, 0.25) is 5.91 Å². The van der Waals surface area contributed by atoms with E-state index < -0.39 is 29.5 Å². The fourth-order valence-electron chi connectivity index (χ4n) is 1.31. The van der Waals surface area contributed by atoms with Crippen LogP contribution in [-0.4, -0.2) is 11.9 Å². The summed E-state index contributed by atoms with van der Waals surface area (Å²) in [7, 11) is 0. The highest BCUT2D eigenvalue weighted by atomic mass is 35.5. The molecule has 19 heavy (non-hydrogen) atoms. The maximum atomic E-state index is 12.8. The number of alkyl halides is 3. The summed E-state index contributed by atoms with van der Waals surface area (Å²) in [5.74, 6) is -1.56. The predicted octanol–water partition coefficient (Wildman–Crippen LogP) is 2.23. The Bertz CT molecular complexity index is 449. The molecule has 0 unspecified atom stereocenters. The zero-order valence-electron chi connectivity index (χ0n) is 9.92. The molecular weight excluding hydrogens is 288 g/mol. The first-order chi connectivity index (χ1) is 8.21. The van der Waals surface area contributed by atoms with Crippen LogP contribution >= 0.6 is 12.4 Å². The lowest BCUT2D eigenvalue weighted by Crippen LogP contribution is -2.38. The number of halogens is 5. The Labute approximate surface area is 113 Å². The van der Waals surface area contributed by atoms with Crippen LogP contribution < -0.4 is 11.1 Å². The normalized spacial score (nSPS) is 12.5. The van der Waals surface area contributed by atoms with Crippen LogP contribution in [0.25, 0.3) is 0 Å². The summed E-state index contributed by atoms with van der Waals surface area (Å²) in [5.41, 5.74) is 3.94. The molecule has 8 heteroatoms. The second-order valence-corrected chi connectivity index (χ2v) is 3.81. The van der Waals surface area contributed by atoms with Gasteiger partial charge in [-0.25, -0.2) is 4.39 Å². The van der Waals surface area contributed by atoms with Crippen molar-refractivity contribution in [3.05, 3.63) is 35.1 Å². The van der Waals surface area contributed by atoms with Gasteiger partial charge in [-0.3, -0.25) is 4.79 Å². The summed E-state index contributed by atoms with van der Waals surface area (Å²) in [6.07, 6.45) is -4.67.